The SMILES string of the molecule is O=C(O)CCC1CCCC(NC(=O)C(c2ccc(CN3N=C(c4ccccc4)CCC3=O)cc2)C2CCCC2)C1. The van der Waals surface area contributed by atoms with Crippen LogP contribution in [0.5, 0.6) is 0 Å². The van der Waals surface area contributed by atoms with Crippen molar-refractivity contribution in [2.75, 3.05) is 0 Å². The van der Waals surface area contributed by atoms with E-state index in [1.54, 1.807) is 5.01 Å². The summed E-state index contributed by atoms with van der Waals surface area (Å²) < 4.78 is 0. The fourth-order valence-corrected chi connectivity index (χ4v) is 6.80. The van der Waals surface area contributed by atoms with Gasteiger partial charge in [-0.3, -0.25) is 14.4 Å². The van der Waals surface area contributed by atoms with Gasteiger partial charge < -0.3 is 10.4 Å². The zero-order valence-corrected chi connectivity index (χ0v) is 23.3. The van der Waals surface area contributed by atoms with E-state index in [4.69, 9.17) is 5.11 Å². The van der Waals surface area contributed by atoms with Crippen LogP contribution in [0.4, 0.5) is 0 Å². The third-order valence-electron chi connectivity index (χ3n) is 8.93. The lowest BCUT2D eigenvalue weighted by molar-refractivity contribution is -0.137. The Bertz CT molecular complexity index is 1200. The number of rotatable bonds is 10. The summed E-state index contributed by atoms with van der Waals surface area (Å²) in [5, 5.41) is 18.7. The largest absolute Gasteiger partial charge is 0.481 e. The monoisotopic (exact) mass is 543 g/mol. The van der Waals surface area contributed by atoms with Crippen molar-refractivity contribution >= 4 is 23.5 Å². The Labute approximate surface area is 237 Å². The van der Waals surface area contributed by atoms with Crippen molar-refractivity contribution in [3.8, 4) is 0 Å². The van der Waals surface area contributed by atoms with Crippen LogP contribution in [0.15, 0.2) is 59.7 Å². The van der Waals surface area contributed by atoms with E-state index in [1.807, 2.05) is 42.5 Å². The molecule has 2 fully saturated rings. The van der Waals surface area contributed by atoms with Gasteiger partial charge in [0.25, 0.3) is 0 Å². The van der Waals surface area contributed by atoms with E-state index in [0.717, 1.165) is 73.8 Å². The second kappa shape index (κ2) is 13.2. The van der Waals surface area contributed by atoms with E-state index in [2.05, 4.69) is 22.6 Å². The molecule has 2 N–H and O–H groups in total. The van der Waals surface area contributed by atoms with Gasteiger partial charge in [0.15, 0.2) is 0 Å². The molecule has 0 aromatic heterocycles. The number of amides is 2. The van der Waals surface area contributed by atoms with E-state index in [-0.39, 0.29) is 30.2 Å². The van der Waals surface area contributed by atoms with Gasteiger partial charge in [-0.05, 0) is 60.6 Å². The molecule has 40 heavy (non-hydrogen) atoms. The molecule has 2 aromatic carbocycles. The van der Waals surface area contributed by atoms with Gasteiger partial charge in [-0.25, -0.2) is 5.01 Å². The highest BCUT2D eigenvalue weighted by Crippen LogP contribution is 2.38. The maximum Gasteiger partial charge on any atom is 0.303 e. The van der Waals surface area contributed by atoms with Gasteiger partial charge in [0.05, 0.1) is 18.2 Å². The molecular weight excluding hydrogens is 502 g/mol. The lowest BCUT2D eigenvalue weighted by atomic mass is 9.81. The summed E-state index contributed by atoms with van der Waals surface area (Å²) in [7, 11) is 0. The molecule has 2 saturated carbocycles. The van der Waals surface area contributed by atoms with Gasteiger partial charge in [-0.1, -0.05) is 80.3 Å². The van der Waals surface area contributed by atoms with Crippen molar-refractivity contribution < 1.29 is 19.5 Å². The first kappa shape index (κ1) is 28.1. The minimum absolute atomic E-state index is 0.0288. The first-order valence-electron chi connectivity index (χ1n) is 15.0. The summed E-state index contributed by atoms with van der Waals surface area (Å²) in [5.74, 6) is -0.104. The Kier molecular flexibility index (Phi) is 9.30. The summed E-state index contributed by atoms with van der Waals surface area (Å²) in [6, 6.07) is 18.3. The lowest BCUT2D eigenvalue weighted by Crippen LogP contribution is -2.42. The van der Waals surface area contributed by atoms with Crippen molar-refractivity contribution in [3.63, 3.8) is 0 Å². The predicted molar refractivity (Wildman–Crippen MR) is 155 cm³/mol. The Balaban J connectivity index is 1.26. The molecule has 0 saturated heterocycles. The van der Waals surface area contributed by atoms with Crippen LogP contribution in [0.2, 0.25) is 0 Å². The smallest absolute Gasteiger partial charge is 0.303 e. The molecule has 0 bridgehead atoms. The summed E-state index contributed by atoms with van der Waals surface area (Å²) in [4.78, 5) is 37.4. The topological polar surface area (TPSA) is 99.1 Å². The van der Waals surface area contributed by atoms with Crippen LogP contribution in [0.3, 0.4) is 0 Å². The average Bonchev–Trinajstić information content (AvgIpc) is 3.49. The molecule has 212 valence electrons. The van der Waals surface area contributed by atoms with Crippen LogP contribution in [-0.4, -0.2) is 39.7 Å². The molecule has 3 atom stereocenters. The number of hydrazone groups is 1. The number of nitrogens with one attached hydrogen (secondary N) is 1. The quantitative estimate of drug-likeness (QED) is 0.382. The van der Waals surface area contributed by atoms with E-state index in [9.17, 15) is 14.4 Å². The van der Waals surface area contributed by atoms with E-state index < -0.39 is 5.97 Å². The van der Waals surface area contributed by atoms with Gasteiger partial charge in [0.1, 0.15) is 0 Å². The van der Waals surface area contributed by atoms with Crippen LogP contribution in [0.25, 0.3) is 0 Å². The summed E-state index contributed by atoms with van der Waals surface area (Å²) in [6.07, 6.45) is 10.3. The Morgan fingerprint density at radius 2 is 1.70 bits per heavy atom. The zero-order chi connectivity index (χ0) is 27.9. The molecule has 7 heteroatoms. The lowest BCUT2D eigenvalue weighted by Gasteiger charge is -2.32. The molecule has 3 aliphatic rings. The summed E-state index contributed by atoms with van der Waals surface area (Å²) in [6.45, 7) is 0.412. The van der Waals surface area contributed by atoms with Crippen molar-refractivity contribution in [2.45, 2.75) is 95.6 Å². The van der Waals surface area contributed by atoms with E-state index in [1.165, 1.54) is 0 Å². The maximum absolute atomic E-state index is 13.7. The first-order chi connectivity index (χ1) is 19.5. The normalized spacial score (nSPS) is 22.6. The van der Waals surface area contributed by atoms with Gasteiger partial charge >= 0.3 is 5.97 Å². The number of carbonyl (C=O) groups excluding carboxylic acids is 2. The Morgan fingerprint density at radius 1 is 0.950 bits per heavy atom. The van der Waals surface area contributed by atoms with Crippen molar-refractivity contribution in [3.05, 3.63) is 71.3 Å². The standard InChI is InChI=1S/C33H41N3O4/c37-30-19-18-29(25-8-2-1-3-9-25)35-36(30)22-24-13-16-27(17-14-24)32(26-10-4-5-11-26)33(40)34-28-12-6-7-23(21-28)15-20-31(38)39/h1-3,8-9,13-14,16-17,23,26,28,32H,4-7,10-12,15,18-22H2,(H,34,40)(H,38,39). The number of carboxylic acids is 1. The number of hydrogen-bond donors (Lipinski definition) is 2. The highest BCUT2D eigenvalue weighted by Gasteiger charge is 2.34. The van der Waals surface area contributed by atoms with Gasteiger partial charge in [0, 0.05) is 25.3 Å². The van der Waals surface area contributed by atoms with E-state index >= 15 is 0 Å². The first-order valence-corrected chi connectivity index (χ1v) is 15.0. The highest BCUT2D eigenvalue weighted by atomic mass is 16.4. The second-order valence-electron chi connectivity index (χ2n) is 11.8. The fraction of sp³-hybridized carbons (Fsp3) is 0.515. The molecule has 3 unspecified atom stereocenters. The Hall–Kier alpha value is -3.48. The molecule has 7 nitrogen and oxygen atoms in total. The third-order valence-corrected chi connectivity index (χ3v) is 8.93. The average molecular weight is 544 g/mol. The van der Waals surface area contributed by atoms with Gasteiger partial charge in [-0.15, -0.1) is 0 Å². The van der Waals surface area contributed by atoms with Crippen molar-refractivity contribution in [1.29, 1.82) is 0 Å². The molecule has 5 rings (SSSR count). The number of hydrogen-bond acceptors (Lipinski definition) is 4. The van der Waals surface area contributed by atoms with Crippen molar-refractivity contribution in [1.82, 2.24) is 10.3 Å². The molecular formula is C33H41N3O4. The Morgan fingerprint density at radius 3 is 2.42 bits per heavy atom. The minimum atomic E-state index is -0.746. The zero-order valence-electron chi connectivity index (χ0n) is 23.3. The molecule has 2 aliphatic carbocycles. The summed E-state index contributed by atoms with van der Waals surface area (Å²) >= 11 is 0. The molecule has 2 aromatic rings. The molecule has 1 aliphatic heterocycles. The third kappa shape index (κ3) is 7.18. The van der Waals surface area contributed by atoms with Crippen LogP contribution in [0.1, 0.15) is 99.7 Å². The number of carbonyl (C=O) groups is 3. The minimum Gasteiger partial charge on any atom is -0.481 e. The number of aliphatic carboxylic acids is 1. The van der Waals surface area contributed by atoms with Gasteiger partial charge in [-0.2, -0.15) is 5.10 Å². The number of benzene rings is 2. The molecule has 0 spiro atoms. The fourth-order valence-electron chi connectivity index (χ4n) is 6.80. The summed E-state index contributed by atoms with van der Waals surface area (Å²) in [5.41, 5.74) is 4.01. The maximum atomic E-state index is 13.7. The molecule has 1 heterocycles. The van der Waals surface area contributed by atoms with Crippen LogP contribution in [-0.2, 0) is 20.9 Å². The van der Waals surface area contributed by atoms with E-state index in [0.29, 0.717) is 37.6 Å². The van der Waals surface area contributed by atoms with Crippen molar-refractivity contribution in [2.24, 2.45) is 16.9 Å². The predicted octanol–water partition coefficient (Wildman–Crippen LogP) is 6.03. The van der Waals surface area contributed by atoms with Crippen LogP contribution in [0, 0.1) is 11.8 Å². The second-order valence-corrected chi connectivity index (χ2v) is 11.8. The van der Waals surface area contributed by atoms with Gasteiger partial charge in [0.2, 0.25) is 11.8 Å². The molecule has 0 radical (unpaired) electrons. The number of nitrogens with zero attached hydrogens (tertiary/aromatic N) is 2. The molecule has 2 amide bonds. The highest BCUT2D eigenvalue weighted by molar-refractivity contribution is 6.04. The number of carboxylic acid groups (broad SMARTS) is 1. The van der Waals surface area contributed by atoms with Crippen LogP contribution < -0.4 is 5.32 Å². The van der Waals surface area contributed by atoms with Crippen LogP contribution >= 0.6 is 0 Å².